The third-order valence-electron chi connectivity index (χ3n) is 3.52. The maximum atomic E-state index is 12.4. The van der Waals surface area contributed by atoms with Crippen LogP contribution in [0.1, 0.15) is 18.5 Å². The van der Waals surface area contributed by atoms with Crippen molar-refractivity contribution in [2.75, 3.05) is 14.1 Å². The van der Waals surface area contributed by atoms with Crippen LogP contribution >= 0.6 is 0 Å². The molecule has 20 heavy (non-hydrogen) atoms. The standard InChI is InChI=1S/C13H18N4O2S/c1-15(2)20(18,19)17(11-6-7-11)10-12-9-14-13-5-3-4-8-16(12)13/h3-5,8-9,11H,6-7,10H2,1-2H3. The van der Waals surface area contributed by atoms with E-state index >= 15 is 0 Å². The van der Waals surface area contributed by atoms with Crippen LogP contribution in [0, 0.1) is 0 Å². The molecule has 0 radical (unpaired) electrons. The Morgan fingerprint density at radius 2 is 2.10 bits per heavy atom. The summed E-state index contributed by atoms with van der Waals surface area (Å²) in [7, 11) is -0.258. The van der Waals surface area contributed by atoms with Crippen molar-refractivity contribution in [1.82, 2.24) is 18.0 Å². The van der Waals surface area contributed by atoms with E-state index in [0.717, 1.165) is 24.2 Å². The van der Waals surface area contributed by atoms with Crippen LogP contribution in [0.5, 0.6) is 0 Å². The van der Waals surface area contributed by atoms with Crippen molar-refractivity contribution in [3.8, 4) is 0 Å². The monoisotopic (exact) mass is 294 g/mol. The normalized spacial score (nSPS) is 16.4. The lowest BCUT2D eigenvalue weighted by Gasteiger charge is -2.25. The second-order valence-corrected chi connectivity index (χ2v) is 7.34. The van der Waals surface area contributed by atoms with Crippen LogP contribution < -0.4 is 0 Å². The largest absolute Gasteiger partial charge is 0.303 e. The zero-order valence-electron chi connectivity index (χ0n) is 11.6. The summed E-state index contributed by atoms with van der Waals surface area (Å²) in [5, 5.41) is 0. The molecule has 7 heteroatoms. The lowest BCUT2D eigenvalue weighted by molar-refractivity contribution is 0.359. The van der Waals surface area contributed by atoms with E-state index in [9.17, 15) is 8.42 Å². The number of fused-ring (bicyclic) bond motifs is 1. The first-order valence-electron chi connectivity index (χ1n) is 6.60. The molecule has 0 aliphatic heterocycles. The molecule has 1 saturated carbocycles. The number of nitrogens with zero attached hydrogens (tertiary/aromatic N) is 4. The van der Waals surface area contributed by atoms with Crippen LogP contribution in [0.25, 0.3) is 5.65 Å². The van der Waals surface area contributed by atoms with Crippen LogP contribution in [0.4, 0.5) is 0 Å². The quantitative estimate of drug-likeness (QED) is 0.830. The average Bonchev–Trinajstić information content (AvgIpc) is 3.17. The van der Waals surface area contributed by atoms with Gasteiger partial charge in [-0.15, -0.1) is 0 Å². The van der Waals surface area contributed by atoms with E-state index in [-0.39, 0.29) is 6.04 Å². The van der Waals surface area contributed by atoms with Crippen molar-refractivity contribution >= 4 is 15.9 Å². The fourth-order valence-corrected chi connectivity index (χ4v) is 3.54. The second kappa shape index (κ2) is 4.83. The van der Waals surface area contributed by atoms with Gasteiger partial charge in [0.2, 0.25) is 0 Å². The van der Waals surface area contributed by atoms with Gasteiger partial charge in [-0.25, -0.2) is 4.98 Å². The Kier molecular flexibility index (Phi) is 3.27. The third kappa shape index (κ3) is 2.32. The molecule has 108 valence electrons. The lowest BCUT2D eigenvalue weighted by Crippen LogP contribution is -2.41. The van der Waals surface area contributed by atoms with E-state index in [1.54, 1.807) is 24.6 Å². The molecule has 2 aromatic rings. The minimum atomic E-state index is -3.39. The van der Waals surface area contributed by atoms with Gasteiger partial charge < -0.3 is 4.40 Å². The first-order chi connectivity index (χ1) is 9.50. The molecule has 0 saturated heterocycles. The Morgan fingerprint density at radius 1 is 1.35 bits per heavy atom. The average molecular weight is 294 g/mol. The molecule has 0 unspecified atom stereocenters. The summed E-state index contributed by atoms with van der Waals surface area (Å²) in [6.07, 6.45) is 5.52. The van der Waals surface area contributed by atoms with Crippen molar-refractivity contribution in [2.45, 2.75) is 25.4 Å². The highest BCUT2D eigenvalue weighted by atomic mass is 32.2. The van der Waals surface area contributed by atoms with Gasteiger partial charge in [-0.3, -0.25) is 0 Å². The van der Waals surface area contributed by atoms with Crippen molar-refractivity contribution < 1.29 is 8.42 Å². The van der Waals surface area contributed by atoms with Crippen LogP contribution in [-0.4, -0.2) is 46.6 Å². The summed E-state index contributed by atoms with van der Waals surface area (Å²) >= 11 is 0. The van der Waals surface area contributed by atoms with Crippen molar-refractivity contribution in [3.63, 3.8) is 0 Å². The van der Waals surface area contributed by atoms with E-state index < -0.39 is 10.2 Å². The first kappa shape index (κ1) is 13.5. The molecule has 0 N–H and O–H groups in total. The van der Waals surface area contributed by atoms with Crippen molar-refractivity contribution in [1.29, 1.82) is 0 Å². The molecule has 0 bridgehead atoms. The molecule has 0 atom stereocenters. The van der Waals surface area contributed by atoms with Gasteiger partial charge in [0.25, 0.3) is 10.2 Å². The lowest BCUT2D eigenvalue weighted by atomic mass is 10.4. The molecule has 1 aliphatic carbocycles. The number of hydrogen-bond acceptors (Lipinski definition) is 3. The van der Waals surface area contributed by atoms with E-state index in [4.69, 9.17) is 0 Å². The Labute approximate surface area is 118 Å². The fourth-order valence-electron chi connectivity index (χ4n) is 2.23. The van der Waals surface area contributed by atoms with Gasteiger partial charge in [-0.05, 0) is 25.0 Å². The summed E-state index contributed by atoms with van der Waals surface area (Å²) < 4.78 is 29.6. The number of pyridine rings is 1. The zero-order valence-corrected chi connectivity index (χ0v) is 12.4. The minimum absolute atomic E-state index is 0.122. The first-order valence-corrected chi connectivity index (χ1v) is 8.00. The maximum absolute atomic E-state index is 12.4. The molecule has 1 aliphatic rings. The molecule has 0 aromatic carbocycles. The van der Waals surface area contributed by atoms with E-state index in [1.807, 2.05) is 28.8 Å². The number of hydrogen-bond donors (Lipinski definition) is 0. The zero-order chi connectivity index (χ0) is 14.3. The summed E-state index contributed by atoms with van der Waals surface area (Å²) in [5.74, 6) is 0. The summed E-state index contributed by atoms with van der Waals surface area (Å²) in [6, 6.07) is 5.86. The van der Waals surface area contributed by atoms with Gasteiger partial charge in [-0.2, -0.15) is 17.0 Å². The van der Waals surface area contributed by atoms with Crippen LogP contribution in [-0.2, 0) is 16.8 Å². The van der Waals surface area contributed by atoms with Gasteiger partial charge >= 0.3 is 0 Å². The molecular weight excluding hydrogens is 276 g/mol. The van der Waals surface area contributed by atoms with Gasteiger partial charge in [0, 0.05) is 26.3 Å². The molecule has 1 fully saturated rings. The summed E-state index contributed by atoms with van der Waals surface area (Å²) in [5.41, 5.74) is 1.72. The molecule has 2 heterocycles. The summed E-state index contributed by atoms with van der Waals surface area (Å²) in [4.78, 5) is 4.31. The highest BCUT2D eigenvalue weighted by Gasteiger charge is 2.38. The Morgan fingerprint density at radius 3 is 2.75 bits per heavy atom. The number of aromatic nitrogens is 2. The van der Waals surface area contributed by atoms with Crippen molar-refractivity contribution in [3.05, 3.63) is 36.3 Å². The van der Waals surface area contributed by atoms with E-state index in [1.165, 1.54) is 4.31 Å². The number of imidazole rings is 1. The molecule has 0 spiro atoms. The Bertz CT molecular complexity index is 719. The minimum Gasteiger partial charge on any atom is -0.303 e. The molecule has 3 rings (SSSR count). The Balaban J connectivity index is 1.95. The second-order valence-electron chi connectivity index (χ2n) is 5.24. The SMILES string of the molecule is CN(C)S(=O)(=O)N(Cc1cnc2ccccn12)C1CC1. The van der Waals surface area contributed by atoms with E-state index in [0.29, 0.717) is 6.54 Å². The predicted octanol–water partition coefficient (Wildman–Crippen LogP) is 1.11. The van der Waals surface area contributed by atoms with Crippen molar-refractivity contribution in [2.24, 2.45) is 0 Å². The topological polar surface area (TPSA) is 57.9 Å². The highest BCUT2D eigenvalue weighted by Crippen LogP contribution is 2.31. The smallest absolute Gasteiger partial charge is 0.282 e. The fraction of sp³-hybridized carbons (Fsp3) is 0.462. The molecule has 0 amide bonds. The van der Waals surface area contributed by atoms with Gasteiger partial charge in [-0.1, -0.05) is 6.07 Å². The Hall–Kier alpha value is -1.44. The van der Waals surface area contributed by atoms with E-state index in [2.05, 4.69) is 4.98 Å². The molecular formula is C13H18N4O2S. The predicted molar refractivity (Wildman–Crippen MR) is 76.4 cm³/mol. The third-order valence-corrected chi connectivity index (χ3v) is 5.47. The highest BCUT2D eigenvalue weighted by molar-refractivity contribution is 7.86. The van der Waals surface area contributed by atoms with Gasteiger partial charge in [0.1, 0.15) is 5.65 Å². The van der Waals surface area contributed by atoms with Crippen LogP contribution in [0.2, 0.25) is 0 Å². The van der Waals surface area contributed by atoms with Gasteiger partial charge in [0.15, 0.2) is 0 Å². The van der Waals surface area contributed by atoms with Gasteiger partial charge in [0.05, 0.1) is 18.4 Å². The van der Waals surface area contributed by atoms with Crippen LogP contribution in [0.3, 0.4) is 0 Å². The molecule has 2 aromatic heterocycles. The number of rotatable bonds is 5. The molecule has 6 nitrogen and oxygen atoms in total. The summed E-state index contributed by atoms with van der Waals surface area (Å²) in [6.45, 7) is 0.357. The van der Waals surface area contributed by atoms with Crippen LogP contribution in [0.15, 0.2) is 30.6 Å². The maximum Gasteiger partial charge on any atom is 0.282 e.